The molecule has 8 nitrogen and oxygen atoms in total. The van der Waals surface area contributed by atoms with Crippen LogP contribution in [0.25, 0.3) is 16.9 Å². The molecular formula is C28H28ClF3N6O2. The number of imidazole rings is 1. The van der Waals surface area contributed by atoms with E-state index in [9.17, 15) is 22.8 Å². The van der Waals surface area contributed by atoms with Crippen LogP contribution in [-0.2, 0) is 6.54 Å². The Morgan fingerprint density at radius 3 is 2.55 bits per heavy atom. The van der Waals surface area contributed by atoms with Crippen molar-refractivity contribution in [3.8, 4) is 11.3 Å². The molecule has 12 heteroatoms. The fourth-order valence-corrected chi connectivity index (χ4v) is 4.49. The number of benzene rings is 2. The zero-order valence-electron chi connectivity index (χ0n) is 22.1. The zero-order chi connectivity index (χ0) is 29.0. The van der Waals surface area contributed by atoms with E-state index in [-0.39, 0.29) is 34.8 Å². The first-order chi connectivity index (χ1) is 19.1. The van der Waals surface area contributed by atoms with Crippen molar-refractivity contribution in [1.82, 2.24) is 24.8 Å². The highest BCUT2D eigenvalue weighted by Crippen LogP contribution is 2.29. The minimum absolute atomic E-state index is 0.0445. The molecule has 1 fully saturated rings. The Hall–Kier alpha value is -4.12. The first-order valence-corrected chi connectivity index (χ1v) is 13.1. The van der Waals surface area contributed by atoms with Crippen molar-refractivity contribution in [2.24, 2.45) is 0 Å². The van der Waals surface area contributed by atoms with Gasteiger partial charge in [-0.2, -0.15) is 5.10 Å². The second-order valence-electron chi connectivity index (χ2n) is 8.91. The second-order valence-corrected chi connectivity index (χ2v) is 9.32. The summed E-state index contributed by atoms with van der Waals surface area (Å²) in [5.74, 6) is -4.14. The Labute approximate surface area is 234 Å². The average Bonchev–Trinajstić information content (AvgIpc) is 3.54. The highest BCUT2D eigenvalue weighted by atomic mass is 35.5. The summed E-state index contributed by atoms with van der Waals surface area (Å²) in [6.45, 7) is 2.98. The molecule has 2 N–H and O–H groups in total. The van der Waals surface area contributed by atoms with Crippen LogP contribution in [0, 0.1) is 5.82 Å². The number of aromatic nitrogens is 3. The van der Waals surface area contributed by atoms with Crippen LogP contribution in [0.4, 0.5) is 19.0 Å². The fraction of sp³-hybridized carbons (Fsp3) is 0.286. The van der Waals surface area contributed by atoms with E-state index in [0.717, 1.165) is 17.0 Å². The molecule has 2 aromatic carbocycles. The van der Waals surface area contributed by atoms with Crippen molar-refractivity contribution >= 4 is 34.9 Å². The topological polar surface area (TPSA) is 91.6 Å². The minimum atomic E-state index is -2.96. The molecule has 5 rings (SSSR count). The maximum Gasteiger partial charge on any atom is 0.267 e. The summed E-state index contributed by atoms with van der Waals surface area (Å²) in [4.78, 5) is 31.3. The number of nitrogens with zero attached hydrogens (tertiary/aromatic N) is 4. The maximum atomic E-state index is 14.0. The predicted molar refractivity (Wildman–Crippen MR) is 147 cm³/mol. The average molecular weight is 573 g/mol. The van der Waals surface area contributed by atoms with Crippen molar-refractivity contribution in [3.63, 3.8) is 0 Å². The molecule has 0 saturated carbocycles. The quantitative estimate of drug-likeness (QED) is 0.311. The van der Waals surface area contributed by atoms with Crippen molar-refractivity contribution in [2.45, 2.75) is 32.7 Å². The maximum absolute atomic E-state index is 14.0. The summed E-state index contributed by atoms with van der Waals surface area (Å²) in [7, 11) is 1.75. The van der Waals surface area contributed by atoms with Crippen molar-refractivity contribution in [1.29, 1.82) is 0 Å². The van der Waals surface area contributed by atoms with Gasteiger partial charge in [0.1, 0.15) is 11.6 Å². The molecule has 0 atom stereocenters. The Morgan fingerprint density at radius 2 is 1.85 bits per heavy atom. The molecule has 1 aliphatic heterocycles. The molecular weight excluding hydrogens is 545 g/mol. The number of hydrogen-bond acceptors (Lipinski definition) is 5. The number of fused-ring (bicyclic) bond motifs is 1. The molecule has 1 aliphatic rings. The highest BCUT2D eigenvalue weighted by Gasteiger charge is 2.40. The van der Waals surface area contributed by atoms with E-state index in [1.165, 1.54) is 6.07 Å². The van der Waals surface area contributed by atoms with Gasteiger partial charge in [0.2, 0.25) is 0 Å². The van der Waals surface area contributed by atoms with E-state index >= 15 is 0 Å². The van der Waals surface area contributed by atoms with E-state index in [1.807, 2.05) is 13.8 Å². The van der Waals surface area contributed by atoms with Gasteiger partial charge in [0.15, 0.2) is 5.65 Å². The lowest BCUT2D eigenvalue weighted by Crippen LogP contribution is -2.33. The number of anilines is 1. The Bertz CT molecular complexity index is 1560. The fourth-order valence-electron chi connectivity index (χ4n) is 4.28. The molecule has 4 aromatic rings. The number of alkyl halides is 2. The first kappa shape index (κ1) is 28.9. The summed E-state index contributed by atoms with van der Waals surface area (Å²) in [5, 5.41) is 10.3. The van der Waals surface area contributed by atoms with Gasteiger partial charge in [-0.25, -0.2) is 22.7 Å². The summed E-state index contributed by atoms with van der Waals surface area (Å²) in [6, 6.07) is 11.8. The zero-order valence-corrected chi connectivity index (χ0v) is 22.9. The van der Waals surface area contributed by atoms with Crippen LogP contribution in [0.3, 0.4) is 0 Å². The van der Waals surface area contributed by atoms with Gasteiger partial charge >= 0.3 is 0 Å². The lowest BCUT2D eigenvalue weighted by atomic mass is 10.0. The number of carbonyl (C=O) groups excluding carboxylic acids is 2. The Morgan fingerprint density at radius 1 is 1.07 bits per heavy atom. The van der Waals surface area contributed by atoms with Gasteiger partial charge in [-0.15, -0.1) is 0 Å². The molecule has 1 saturated heterocycles. The van der Waals surface area contributed by atoms with E-state index < -0.39 is 36.5 Å². The molecule has 3 heterocycles. The van der Waals surface area contributed by atoms with Gasteiger partial charge in [0.25, 0.3) is 17.7 Å². The molecule has 2 aromatic heterocycles. The third kappa shape index (κ3) is 6.20. The van der Waals surface area contributed by atoms with Crippen molar-refractivity contribution < 1.29 is 22.8 Å². The number of halogens is 4. The number of rotatable bonds is 6. The van der Waals surface area contributed by atoms with Gasteiger partial charge in [-0.1, -0.05) is 31.5 Å². The molecule has 210 valence electrons. The van der Waals surface area contributed by atoms with Gasteiger partial charge in [0.05, 0.1) is 29.0 Å². The molecule has 0 bridgehead atoms. The van der Waals surface area contributed by atoms with Gasteiger partial charge in [-0.05, 0) is 48.0 Å². The third-order valence-corrected chi connectivity index (χ3v) is 6.61. The van der Waals surface area contributed by atoms with Crippen LogP contribution in [0.1, 0.15) is 46.5 Å². The number of nitrogens with one attached hydrogen (secondary N) is 2. The third-order valence-electron chi connectivity index (χ3n) is 6.28. The monoisotopic (exact) mass is 572 g/mol. The molecule has 40 heavy (non-hydrogen) atoms. The Balaban J connectivity index is 0.00000181. The van der Waals surface area contributed by atoms with Crippen LogP contribution in [0.5, 0.6) is 0 Å². The summed E-state index contributed by atoms with van der Waals surface area (Å²) in [5.41, 5.74) is 2.20. The second kappa shape index (κ2) is 12.0. The van der Waals surface area contributed by atoms with E-state index in [2.05, 4.69) is 20.7 Å². The standard InChI is InChI=1S/C26H22ClF3N6O2.C2H6/c1-31-22-13-36-23(33-22)7-6-21(34-36)15-2-5-20(27)19(11-15)24(37)32-12-16-10-17(28)3-4-18(16)25(38)35-9-8-26(29,30)14-35;1-2/h2-7,10-11,13,31H,8-9,12,14H2,1H3,(H,32,37);1-2H3. The van der Waals surface area contributed by atoms with Gasteiger partial charge in [0, 0.05) is 37.7 Å². The largest absolute Gasteiger partial charge is 0.372 e. The molecule has 0 radical (unpaired) electrons. The number of likely N-dealkylation sites (tertiary alicyclic amines) is 1. The van der Waals surface area contributed by atoms with Gasteiger partial charge < -0.3 is 15.5 Å². The highest BCUT2D eigenvalue weighted by molar-refractivity contribution is 6.34. The van der Waals surface area contributed by atoms with Crippen LogP contribution in [0.15, 0.2) is 54.7 Å². The number of amides is 2. The smallest absolute Gasteiger partial charge is 0.267 e. The predicted octanol–water partition coefficient (Wildman–Crippen LogP) is 5.67. The first-order valence-electron chi connectivity index (χ1n) is 12.7. The van der Waals surface area contributed by atoms with Crippen molar-refractivity contribution in [3.05, 3.63) is 82.3 Å². The lowest BCUT2D eigenvalue weighted by molar-refractivity contribution is 0.0120. The normalized spacial score (nSPS) is 14.0. The summed E-state index contributed by atoms with van der Waals surface area (Å²) in [6.07, 6.45) is 1.30. The van der Waals surface area contributed by atoms with Crippen LogP contribution in [0.2, 0.25) is 5.02 Å². The lowest BCUT2D eigenvalue weighted by Gasteiger charge is -2.18. The SMILES string of the molecule is CC.CNc1cn2nc(-c3ccc(Cl)c(C(=O)NCc4cc(F)ccc4C(=O)N4CCC(F)(F)C4)c3)ccc2n1. The van der Waals surface area contributed by atoms with E-state index in [1.54, 1.807) is 48.1 Å². The molecule has 0 aliphatic carbocycles. The van der Waals surface area contributed by atoms with E-state index in [4.69, 9.17) is 11.6 Å². The minimum Gasteiger partial charge on any atom is -0.372 e. The number of hydrogen-bond donors (Lipinski definition) is 2. The van der Waals surface area contributed by atoms with Crippen molar-refractivity contribution in [2.75, 3.05) is 25.5 Å². The van der Waals surface area contributed by atoms with Gasteiger partial charge in [-0.3, -0.25) is 9.59 Å². The Kier molecular flexibility index (Phi) is 8.63. The van der Waals surface area contributed by atoms with E-state index in [0.29, 0.717) is 22.7 Å². The van der Waals surface area contributed by atoms with Crippen LogP contribution in [-0.4, -0.2) is 57.4 Å². The molecule has 2 amide bonds. The summed E-state index contributed by atoms with van der Waals surface area (Å²) >= 11 is 6.30. The summed E-state index contributed by atoms with van der Waals surface area (Å²) < 4.78 is 42.9. The van der Waals surface area contributed by atoms with Crippen LogP contribution < -0.4 is 10.6 Å². The molecule has 0 unspecified atom stereocenters. The molecule has 0 spiro atoms. The number of carbonyl (C=O) groups is 2. The van der Waals surface area contributed by atoms with Crippen LogP contribution >= 0.6 is 11.6 Å².